The molecular weight excluding hydrogens is 282 g/mol. The first-order chi connectivity index (χ1) is 7.15. The Morgan fingerprint density at radius 3 is 2.40 bits per heavy atom. The molecule has 0 aliphatic rings. The standard InChI is InChI=1S/C10H5BrClFN2/c11-9-5-8(14-10(12)15-9)6-1-3-7(13)4-2-6/h1-5H. The minimum absolute atomic E-state index is 0.156. The van der Waals surface area contributed by atoms with Crippen LogP contribution in [0.25, 0.3) is 11.3 Å². The van der Waals surface area contributed by atoms with E-state index in [2.05, 4.69) is 25.9 Å². The number of hydrogen-bond donors (Lipinski definition) is 0. The van der Waals surface area contributed by atoms with Crippen molar-refractivity contribution in [2.75, 3.05) is 0 Å². The monoisotopic (exact) mass is 286 g/mol. The average molecular weight is 288 g/mol. The van der Waals surface area contributed by atoms with Gasteiger partial charge in [0.25, 0.3) is 0 Å². The van der Waals surface area contributed by atoms with Gasteiger partial charge >= 0.3 is 0 Å². The molecule has 0 saturated heterocycles. The molecule has 1 heterocycles. The summed E-state index contributed by atoms with van der Waals surface area (Å²) < 4.78 is 13.3. The van der Waals surface area contributed by atoms with Gasteiger partial charge in [0.05, 0.1) is 5.69 Å². The molecule has 0 bridgehead atoms. The van der Waals surface area contributed by atoms with Gasteiger partial charge in [0, 0.05) is 5.56 Å². The fourth-order valence-electron chi connectivity index (χ4n) is 1.16. The van der Waals surface area contributed by atoms with E-state index in [9.17, 15) is 4.39 Å². The summed E-state index contributed by atoms with van der Waals surface area (Å²) in [4.78, 5) is 7.91. The Bertz CT molecular complexity index is 467. The van der Waals surface area contributed by atoms with Crippen molar-refractivity contribution in [3.05, 3.63) is 46.0 Å². The third-order valence-corrected chi connectivity index (χ3v) is 2.38. The second-order valence-corrected chi connectivity index (χ2v) is 4.00. The van der Waals surface area contributed by atoms with Gasteiger partial charge in [-0.2, -0.15) is 0 Å². The van der Waals surface area contributed by atoms with Gasteiger partial charge in [-0.05, 0) is 57.9 Å². The van der Waals surface area contributed by atoms with E-state index >= 15 is 0 Å². The molecule has 76 valence electrons. The largest absolute Gasteiger partial charge is 0.223 e. The lowest BCUT2D eigenvalue weighted by Gasteiger charge is -2.01. The molecule has 0 aliphatic carbocycles. The zero-order valence-corrected chi connectivity index (χ0v) is 9.76. The molecule has 0 spiro atoms. The van der Waals surface area contributed by atoms with Crippen LogP contribution >= 0.6 is 27.5 Å². The normalized spacial score (nSPS) is 10.3. The molecule has 5 heteroatoms. The molecule has 0 fully saturated rings. The van der Waals surface area contributed by atoms with Gasteiger partial charge in [0.2, 0.25) is 5.28 Å². The topological polar surface area (TPSA) is 25.8 Å². The molecule has 2 nitrogen and oxygen atoms in total. The summed E-state index contributed by atoms with van der Waals surface area (Å²) in [5.74, 6) is -0.280. The third-order valence-electron chi connectivity index (χ3n) is 1.81. The highest BCUT2D eigenvalue weighted by atomic mass is 79.9. The lowest BCUT2D eigenvalue weighted by molar-refractivity contribution is 0.628. The van der Waals surface area contributed by atoms with E-state index in [-0.39, 0.29) is 11.1 Å². The maximum absolute atomic E-state index is 12.7. The highest BCUT2D eigenvalue weighted by molar-refractivity contribution is 9.10. The summed E-state index contributed by atoms with van der Waals surface area (Å²) in [6.07, 6.45) is 0. The maximum Gasteiger partial charge on any atom is 0.223 e. The van der Waals surface area contributed by atoms with Crippen LogP contribution in [-0.2, 0) is 0 Å². The van der Waals surface area contributed by atoms with Crippen LogP contribution < -0.4 is 0 Å². The molecule has 0 atom stereocenters. The zero-order valence-electron chi connectivity index (χ0n) is 7.42. The Morgan fingerprint density at radius 2 is 1.80 bits per heavy atom. The Labute approximate surface area is 99.3 Å². The number of rotatable bonds is 1. The first kappa shape index (κ1) is 10.5. The second kappa shape index (κ2) is 4.24. The lowest BCUT2D eigenvalue weighted by Crippen LogP contribution is -1.88. The fraction of sp³-hybridized carbons (Fsp3) is 0. The van der Waals surface area contributed by atoms with Crippen molar-refractivity contribution in [1.29, 1.82) is 0 Å². The Kier molecular flexibility index (Phi) is 2.98. The average Bonchev–Trinajstić information content (AvgIpc) is 2.17. The van der Waals surface area contributed by atoms with Gasteiger partial charge in [-0.25, -0.2) is 14.4 Å². The van der Waals surface area contributed by atoms with Crippen LogP contribution in [0.1, 0.15) is 0 Å². The van der Waals surface area contributed by atoms with Crippen molar-refractivity contribution in [2.24, 2.45) is 0 Å². The molecule has 0 saturated carbocycles. The smallest absolute Gasteiger partial charge is 0.218 e. The second-order valence-electron chi connectivity index (χ2n) is 2.85. The highest BCUT2D eigenvalue weighted by Gasteiger charge is 2.03. The van der Waals surface area contributed by atoms with Crippen molar-refractivity contribution in [3.8, 4) is 11.3 Å². The summed E-state index contributed by atoms with van der Waals surface area (Å²) in [5, 5.41) is 0.156. The summed E-state index contributed by atoms with van der Waals surface area (Å²) >= 11 is 8.92. The number of aromatic nitrogens is 2. The van der Waals surface area contributed by atoms with Gasteiger partial charge in [-0.1, -0.05) is 0 Å². The summed E-state index contributed by atoms with van der Waals surface area (Å²) in [5.41, 5.74) is 1.45. The Morgan fingerprint density at radius 1 is 1.13 bits per heavy atom. The molecule has 2 rings (SSSR count). The molecule has 1 aromatic carbocycles. The minimum Gasteiger partial charge on any atom is -0.218 e. The fourth-order valence-corrected chi connectivity index (χ4v) is 1.83. The first-order valence-electron chi connectivity index (χ1n) is 4.11. The molecular formula is C10H5BrClFN2. The highest BCUT2D eigenvalue weighted by Crippen LogP contribution is 2.21. The van der Waals surface area contributed by atoms with Gasteiger partial charge < -0.3 is 0 Å². The molecule has 0 aliphatic heterocycles. The maximum atomic E-state index is 12.7. The van der Waals surface area contributed by atoms with Gasteiger partial charge in [0.1, 0.15) is 10.4 Å². The van der Waals surface area contributed by atoms with Crippen molar-refractivity contribution < 1.29 is 4.39 Å². The Balaban J connectivity index is 2.49. The lowest BCUT2D eigenvalue weighted by atomic mass is 10.1. The number of nitrogens with zero attached hydrogens (tertiary/aromatic N) is 2. The van der Waals surface area contributed by atoms with Gasteiger partial charge in [-0.3, -0.25) is 0 Å². The Hall–Kier alpha value is -1.00. The summed E-state index contributed by atoms with van der Waals surface area (Å²) in [7, 11) is 0. The minimum atomic E-state index is -0.280. The van der Waals surface area contributed by atoms with Crippen molar-refractivity contribution in [1.82, 2.24) is 9.97 Å². The number of benzene rings is 1. The van der Waals surface area contributed by atoms with E-state index < -0.39 is 0 Å². The molecule has 0 N–H and O–H groups in total. The van der Waals surface area contributed by atoms with Crippen LogP contribution in [0.5, 0.6) is 0 Å². The molecule has 0 amide bonds. The van der Waals surface area contributed by atoms with Crippen LogP contribution in [-0.4, -0.2) is 9.97 Å². The zero-order chi connectivity index (χ0) is 10.8. The van der Waals surface area contributed by atoms with E-state index in [1.54, 1.807) is 18.2 Å². The van der Waals surface area contributed by atoms with Gasteiger partial charge in [0.15, 0.2) is 0 Å². The van der Waals surface area contributed by atoms with E-state index in [1.165, 1.54) is 12.1 Å². The molecule has 1 aromatic heterocycles. The predicted molar refractivity (Wildman–Crippen MR) is 60.1 cm³/mol. The van der Waals surface area contributed by atoms with Crippen molar-refractivity contribution in [2.45, 2.75) is 0 Å². The SMILES string of the molecule is Fc1ccc(-c2cc(Br)nc(Cl)n2)cc1. The number of halogens is 3. The summed E-state index contributed by atoms with van der Waals surface area (Å²) in [6.45, 7) is 0. The predicted octanol–water partition coefficient (Wildman–Crippen LogP) is 3.70. The molecule has 0 unspecified atom stereocenters. The van der Waals surface area contributed by atoms with E-state index in [4.69, 9.17) is 11.6 Å². The van der Waals surface area contributed by atoms with E-state index in [0.717, 1.165) is 5.56 Å². The van der Waals surface area contributed by atoms with Crippen LogP contribution in [0.2, 0.25) is 5.28 Å². The van der Waals surface area contributed by atoms with Crippen LogP contribution in [0.15, 0.2) is 34.9 Å². The molecule has 15 heavy (non-hydrogen) atoms. The van der Waals surface area contributed by atoms with E-state index in [1.807, 2.05) is 0 Å². The van der Waals surface area contributed by atoms with E-state index in [0.29, 0.717) is 10.3 Å². The van der Waals surface area contributed by atoms with Crippen LogP contribution in [0.3, 0.4) is 0 Å². The first-order valence-corrected chi connectivity index (χ1v) is 5.28. The van der Waals surface area contributed by atoms with Crippen molar-refractivity contribution >= 4 is 27.5 Å². The van der Waals surface area contributed by atoms with Crippen LogP contribution in [0, 0.1) is 5.82 Å². The molecule has 0 radical (unpaired) electrons. The quantitative estimate of drug-likeness (QED) is 0.590. The summed E-state index contributed by atoms with van der Waals surface area (Å²) in [6, 6.07) is 7.75. The number of hydrogen-bond acceptors (Lipinski definition) is 2. The van der Waals surface area contributed by atoms with Crippen molar-refractivity contribution in [3.63, 3.8) is 0 Å². The van der Waals surface area contributed by atoms with Crippen LogP contribution in [0.4, 0.5) is 4.39 Å². The molecule has 2 aromatic rings. The third kappa shape index (κ3) is 2.52. The van der Waals surface area contributed by atoms with Gasteiger partial charge in [-0.15, -0.1) is 0 Å².